The monoisotopic (exact) mass is 366 g/mol. The fourth-order valence-corrected chi connectivity index (χ4v) is 3.09. The maximum Gasteiger partial charge on any atom is 0.345 e. The maximum absolute atomic E-state index is 12.3. The van der Waals surface area contributed by atoms with Crippen molar-refractivity contribution in [3.05, 3.63) is 11.3 Å². The molecule has 0 saturated heterocycles. The minimum atomic E-state index is -0.637. The van der Waals surface area contributed by atoms with E-state index in [0.29, 0.717) is 12.8 Å². The van der Waals surface area contributed by atoms with Crippen LogP contribution in [-0.2, 0) is 23.9 Å². The Morgan fingerprint density at radius 3 is 2.27 bits per heavy atom. The lowest BCUT2D eigenvalue weighted by molar-refractivity contribution is -0.150. The van der Waals surface area contributed by atoms with Gasteiger partial charge in [-0.05, 0) is 19.3 Å². The van der Waals surface area contributed by atoms with Crippen molar-refractivity contribution in [2.75, 3.05) is 0 Å². The lowest BCUT2D eigenvalue weighted by Gasteiger charge is -2.26. The molecule has 5 nitrogen and oxygen atoms in total. The van der Waals surface area contributed by atoms with E-state index < -0.39 is 11.9 Å². The Morgan fingerprint density at radius 1 is 1.00 bits per heavy atom. The molecule has 0 aromatic rings. The van der Waals surface area contributed by atoms with E-state index in [9.17, 15) is 14.4 Å². The molecule has 0 radical (unpaired) electrons. The molecule has 1 heterocycles. The summed E-state index contributed by atoms with van der Waals surface area (Å²) in [5.41, 5.74) is -0.0653. The number of Topliss-reactive ketones (excluding diaryl/α,β-unsaturated/α-hetero) is 1. The third-order valence-corrected chi connectivity index (χ3v) is 4.58. The molecule has 148 valence electrons. The predicted molar refractivity (Wildman–Crippen MR) is 100 cm³/mol. The maximum atomic E-state index is 12.3. The van der Waals surface area contributed by atoms with Gasteiger partial charge in [-0.25, -0.2) is 4.79 Å². The van der Waals surface area contributed by atoms with Crippen molar-refractivity contribution in [3.63, 3.8) is 0 Å². The summed E-state index contributed by atoms with van der Waals surface area (Å²) in [5, 5.41) is 0. The lowest BCUT2D eigenvalue weighted by atomic mass is 9.97. The quantitative estimate of drug-likeness (QED) is 0.260. The second-order valence-corrected chi connectivity index (χ2v) is 6.94. The van der Waals surface area contributed by atoms with Crippen molar-refractivity contribution in [3.8, 4) is 0 Å². The zero-order valence-corrected chi connectivity index (χ0v) is 16.6. The zero-order chi connectivity index (χ0) is 19.4. The molecule has 1 rings (SSSR count). The van der Waals surface area contributed by atoms with Gasteiger partial charge in [-0.2, -0.15) is 0 Å². The standard InChI is InChI=1S/C21H34O5/c1-4-7-8-9-10-11-12-14-16-15-18(26-19(23)6-3)20(21(24)25-16)17(22)13-5-2/h16H,4-15H2,1-3H3. The molecular weight excluding hydrogens is 332 g/mol. The van der Waals surface area contributed by atoms with E-state index in [-0.39, 0.29) is 36.1 Å². The average molecular weight is 366 g/mol. The van der Waals surface area contributed by atoms with Crippen LogP contribution in [0.1, 0.15) is 97.8 Å². The molecule has 0 aromatic heterocycles. The molecule has 5 heteroatoms. The second kappa shape index (κ2) is 12.7. The van der Waals surface area contributed by atoms with E-state index in [2.05, 4.69) is 6.92 Å². The van der Waals surface area contributed by atoms with Crippen LogP contribution in [0.3, 0.4) is 0 Å². The molecule has 0 N–H and O–H groups in total. The number of esters is 2. The van der Waals surface area contributed by atoms with Crippen molar-refractivity contribution in [1.29, 1.82) is 0 Å². The Labute approximate surface area is 157 Å². The van der Waals surface area contributed by atoms with Gasteiger partial charge < -0.3 is 9.47 Å². The molecule has 1 atom stereocenters. The Kier molecular flexibility index (Phi) is 10.9. The predicted octanol–water partition coefficient (Wildman–Crippen LogP) is 5.02. The first kappa shape index (κ1) is 22.4. The molecule has 26 heavy (non-hydrogen) atoms. The molecule has 1 aliphatic heterocycles. The molecule has 0 aliphatic carbocycles. The third-order valence-electron chi connectivity index (χ3n) is 4.58. The fourth-order valence-electron chi connectivity index (χ4n) is 3.09. The van der Waals surface area contributed by atoms with Crippen LogP contribution in [-0.4, -0.2) is 23.8 Å². The molecule has 0 aromatic carbocycles. The van der Waals surface area contributed by atoms with Gasteiger partial charge in [-0.15, -0.1) is 0 Å². The first-order valence-corrected chi connectivity index (χ1v) is 10.2. The first-order chi connectivity index (χ1) is 12.5. The number of ketones is 1. The minimum absolute atomic E-state index is 0.0653. The van der Waals surface area contributed by atoms with Gasteiger partial charge in [-0.3, -0.25) is 9.59 Å². The number of cyclic esters (lactones) is 1. The molecular formula is C21H34O5. The van der Waals surface area contributed by atoms with Crippen molar-refractivity contribution >= 4 is 17.7 Å². The smallest absolute Gasteiger partial charge is 0.345 e. The summed E-state index contributed by atoms with van der Waals surface area (Å²) in [5.74, 6) is -1.15. The van der Waals surface area contributed by atoms with Crippen LogP contribution < -0.4 is 0 Å². The highest BCUT2D eigenvalue weighted by Gasteiger charge is 2.34. The summed E-state index contributed by atoms with van der Waals surface area (Å²) in [6.45, 7) is 5.76. The number of rotatable bonds is 13. The van der Waals surface area contributed by atoms with Crippen LogP contribution in [0.15, 0.2) is 11.3 Å². The number of ether oxygens (including phenoxy) is 2. The Bertz CT molecular complexity index is 507. The summed E-state index contributed by atoms with van der Waals surface area (Å²) >= 11 is 0. The van der Waals surface area contributed by atoms with Crippen LogP contribution in [0, 0.1) is 0 Å². The van der Waals surface area contributed by atoms with Crippen LogP contribution in [0.25, 0.3) is 0 Å². The molecule has 0 bridgehead atoms. The number of unbranched alkanes of at least 4 members (excludes halogenated alkanes) is 6. The molecule has 1 aliphatic rings. The Morgan fingerprint density at radius 2 is 1.65 bits per heavy atom. The number of carbonyl (C=O) groups is 3. The van der Waals surface area contributed by atoms with Gasteiger partial charge in [0.25, 0.3) is 0 Å². The van der Waals surface area contributed by atoms with Crippen LogP contribution in [0.2, 0.25) is 0 Å². The highest BCUT2D eigenvalue weighted by atomic mass is 16.6. The Balaban J connectivity index is 2.62. The summed E-state index contributed by atoms with van der Waals surface area (Å²) < 4.78 is 10.8. The van der Waals surface area contributed by atoms with Crippen LogP contribution in [0.5, 0.6) is 0 Å². The van der Waals surface area contributed by atoms with Gasteiger partial charge in [0, 0.05) is 19.3 Å². The van der Waals surface area contributed by atoms with Gasteiger partial charge >= 0.3 is 11.9 Å². The van der Waals surface area contributed by atoms with E-state index in [1.165, 1.54) is 32.1 Å². The zero-order valence-electron chi connectivity index (χ0n) is 16.6. The van der Waals surface area contributed by atoms with Gasteiger partial charge in [0.1, 0.15) is 17.4 Å². The average Bonchev–Trinajstić information content (AvgIpc) is 2.60. The van der Waals surface area contributed by atoms with E-state index >= 15 is 0 Å². The van der Waals surface area contributed by atoms with Gasteiger partial charge in [0.05, 0.1) is 0 Å². The van der Waals surface area contributed by atoms with Crippen molar-refractivity contribution in [2.45, 2.75) is 104 Å². The van der Waals surface area contributed by atoms with Gasteiger partial charge in [0.2, 0.25) is 0 Å². The number of carbonyl (C=O) groups excluding carboxylic acids is 3. The number of hydrogen-bond donors (Lipinski definition) is 0. The van der Waals surface area contributed by atoms with E-state index in [1.54, 1.807) is 6.92 Å². The molecule has 0 spiro atoms. The van der Waals surface area contributed by atoms with Crippen LogP contribution in [0.4, 0.5) is 0 Å². The van der Waals surface area contributed by atoms with Crippen molar-refractivity contribution < 1.29 is 23.9 Å². The van der Waals surface area contributed by atoms with Crippen molar-refractivity contribution in [2.24, 2.45) is 0 Å². The molecule has 0 fully saturated rings. The highest BCUT2D eigenvalue weighted by molar-refractivity contribution is 6.18. The molecule has 0 amide bonds. The van der Waals surface area contributed by atoms with Crippen LogP contribution >= 0.6 is 0 Å². The fraction of sp³-hybridized carbons (Fsp3) is 0.762. The summed E-state index contributed by atoms with van der Waals surface area (Å²) in [7, 11) is 0. The second-order valence-electron chi connectivity index (χ2n) is 6.94. The van der Waals surface area contributed by atoms with Gasteiger partial charge in [-0.1, -0.05) is 59.3 Å². The van der Waals surface area contributed by atoms with Gasteiger partial charge in [0.15, 0.2) is 5.78 Å². The van der Waals surface area contributed by atoms with E-state index in [0.717, 1.165) is 19.3 Å². The van der Waals surface area contributed by atoms with Crippen molar-refractivity contribution in [1.82, 2.24) is 0 Å². The normalized spacial score (nSPS) is 17.2. The SMILES string of the molecule is CCCCCCCCCC1CC(OC(=O)CC)=C(C(=O)CCC)C(=O)O1. The first-order valence-electron chi connectivity index (χ1n) is 10.2. The summed E-state index contributed by atoms with van der Waals surface area (Å²) in [6.07, 6.45) is 10.1. The molecule has 0 saturated carbocycles. The Hall–Kier alpha value is -1.65. The third kappa shape index (κ3) is 7.71. The van der Waals surface area contributed by atoms with E-state index in [4.69, 9.17) is 9.47 Å². The highest BCUT2D eigenvalue weighted by Crippen LogP contribution is 2.28. The topological polar surface area (TPSA) is 69.7 Å². The number of hydrogen-bond acceptors (Lipinski definition) is 5. The van der Waals surface area contributed by atoms with E-state index in [1.807, 2.05) is 6.92 Å². The minimum Gasteiger partial charge on any atom is -0.458 e. The lowest BCUT2D eigenvalue weighted by Crippen LogP contribution is -2.31. The summed E-state index contributed by atoms with van der Waals surface area (Å²) in [4.78, 5) is 36.2. The largest absolute Gasteiger partial charge is 0.458 e. The summed E-state index contributed by atoms with van der Waals surface area (Å²) in [6, 6.07) is 0. The molecule has 1 unspecified atom stereocenters.